The van der Waals surface area contributed by atoms with Gasteiger partial charge in [0.2, 0.25) is 0 Å². The fourth-order valence-corrected chi connectivity index (χ4v) is 3.26. The molecular weight excluding hydrogens is 260 g/mol. The zero-order valence-electron chi connectivity index (χ0n) is 10.8. The molecule has 1 aliphatic rings. The number of carboxylic acid groups (broad SMARTS) is 1. The van der Waals surface area contributed by atoms with Crippen LogP contribution in [0.2, 0.25) is 0 Å². The minimum atomic E-state index is -3.60. The summed E-state index contributed by atoms with van der Waals surface area (Å²) in [5.41, 5.74) is -0.570. The molecule has 1 atom stereocenters. The summed E-state index contributed by atoms with van der Waals surface area (Å²) in [6.45, 7) is 5.77. The molecule has 7 nitrogen and oxygen atoms in total. The summed E-state index contributed by atoms with van der Waals surface area (Å²) < 4.78 is 33.1. The SMILES string of the molecule is CC(C)(C)NS(=O)(=O)N1CCOC(CC(=O)O)C1. The van der Waals surface area contributed by atoms with Gasteiger partial charge in [0, 0.05) is 18.6 Å². The quantitative estimate of drug-likeness (QED) is 0.743. The van der Waals surface area contributed by atoms with Gasteiger partial charge < -0.3 is 9.84 Å². The third-order valence-corrected chi connectivity index (χ3v) is 4.16. The van der Waals surface area contributed by atoms with Crippen LogP contribution in [-0.2, 0) is 19.7 Å². The van der Waals surface area contributed by atoms with Crippen molar-refractivity contribution in [1.82, 2.24) is 9.03 Å². The van der Waals surface area contributed by atoms with Crippen molar-refractivity contribution in [2.24, 2.45) is 0 Å². The maximum atomic E-state index is 12.0. The van der Waals surface area contributed by atoms with Crippen LogP contribution >= 0.6 is 0 Å². The molecule has 1 rings (SSSR count). The van der Waals surface area contributed by atoms with Crippen molar-refractivity contribution in [3.05, 3.63) is 0 Å². The van der Waals surface area contributed by atoms with Crippen LogP contribution in [0.1, 0.15) is 27.2 Å². The average molecular weight is 280 g/mol. The average Bonchev–Trinajstić information content (AvgIpc) is 2.13. The summed E-state index contributed by atoms with van der Waals surface area (Å²) in [7, 11) is -3.60. The van der Waals surface area contributed by atoms with Crippen LogP contribution in [0.5, 0.6) is 0 Å². The summed E-state index contributed by atoms with van der Waals surface area (Å²) in [5.74, 6) is -0.997. The molecule has 1 heterocycles. The van der Waals surface area contributed by atoms with Crippen LogP contribution in [0.25, 0.3) is 0 Å². The Bertz CT molecular complexity index is 401. The predicted octanol–water partition coefficient (Wildman–Crippen LogP) is -0.205. The molecule has 1 aliphatic heterocycles. The van der Waals surface area contributed by atoms with Crippen LogP contribution in [-0.4, -0.2) is 55.1 Å². The number of nitrogens with zero attached hydrogens (tertiary/aromatic N) is 1. The lowest BCUT2D eigenvalue weighted by atomic mass is 10.1. The van der Waals surface area contributed by atoms with Crippen LogP contribution in [0.15, 0.2) is 0 Å². The van der Waals surface area contributed by atoms with Gasteiger partial charge in [0.1, 0.15) is 0 Å². The third kappa shape index (κ3) is 4.89. The highest BCUT2D eigenvalue weighted by atomic mass is 32.2. The lowest BCUT2D eigenvalue weighted by molar-refractivity contribution is -0.141. The minimum Gasteiger partial charge on any atom is -0.481 e. The zero-order valence-corrected chi connectivity index (χ0v) is 11.7. The van der Waals surface area contributed by atoms with E-state index in [2.05, 4.69) is 4.72 Å². The smallest absolute Gasteiger partial charge is 0.306 e. The Morgan fingerprint density at radius 1 is 1.50 bits per heavy atom. The molecule has 0 aromatic rings. The largest absolute Gasteiger partial charge is 0.481 e. The summed E-state index contributed by atoms with van der Waals surface area (Å²) in [4.78, 5) is 10.6. The molecule has 0 saturated carbocycles. The molecule has 2 N–H and O–H groups in total. The Hall–Kier alpha value is -0.700. The number of rotatable bonds is 4. The van der Waals surface area contributed by atoms with E-state index in [1.807, 2.05) is 0 Å². The van der Waals surface area contributed by atoms with Crippen molar-refractivity contribution < 1.29 is 23.1 Å². The van der Waals surface area contributed by atoms with E-state index in [0.717, 1.165) is 0 Å². The minimum absolute atomic E-state index is 0.0672. The summed E-state index contributed by atoms with van der Waals surface area (Å²) in [6.07, 6.45) is -0.783. The second-order valence-electron chi connectivity index (χ2n) is 5.31. The lowest BCUT2D eigenvalue weighted by Crippen LogP contribution is -2.54. The van der Waals surface area contributed by atoms with Crippen molar-refractivity contribution in [1.29, 1.82) is 0 Å². The topological polar surface area (TPSA) is 95.9 Å². The summed E-state index contributed by atoms with van der Waals surface area (Å²) in [6, 6.07) is 0. The molecule has 1 saturated heterocycles. The van der Waals surface area contributed by atoms with E-state index >= 15 is 0 Å². The fraction of sp³-hybridized carbons (Fsp3) is 0.900. The maximum Gasteiger partial charge on any atom is 0.306 e. The second-order valence-corrected chi connectivity index (χ2v) is 6.98. The molecule has 0 bridgehead atoms. The van der Waals surface area contributed by atoms with E-state index in [1.165, 1.54) is 4.31 Å². The maximum absolute atomic E-state index is 12.0. The van der Waals surface area contributed by atoms with Gasteiger partial charge in [-0.25, -0.2) is 0 Å². The normalized spacial score (nSPS) is 22.9. The predicted molar refractivity (Wildman–Crippen MR) is 65.4 cm³/mol. The van der Waals surface area contributed by atoms with Crippen molar-refractivity contribution in [2.75, 3.05) is 19.7 Å². The summed E-state index contributed by atoms with van der Waals surface area (Å²) in [5, 5.41) is 8.68. The molecule has 0 aromatic carbocycles. The van der Waals surface area contributed by atoms with Gasteiger partial charge in [-0.05, 0) is 20.8 Å². The molecule has 106 valence electrons. The molecule has 0 aliphatic carbocycles. The van der Waals surface area contributed by atoms with Crippen molar-refractivity contribution >= 4 is 16.2 Å². The highest BCUT2D eigenvalue weighted by Crippen LogP contribution is 2.13. The van der Waals surface area contributed by atoms with E-state index in [4.69, 9.17) is 9.84 Å². The molecule has 0 amide bonds. The Morgan fingerprint density at radius 3 is 2.61 bits per heavy atom. The standard InChI is InChI=1S/C10H20N2O5S/c1-10(2,3)11-18(15,16)12-4-5-17-8(7-12)6-9(13)14/h8,11H,4-7H2,1-3H3,(H,13,14). The lowest BCUT2D eigenvalue weighted by Gasteiger charge is -2.33. The highest BCUT2D eigenvalue weighted by molar-refractivity contribution is 7.87. The van der Waals surface area contributed by atoms with Gasteiger partial charge >= 0.3 is 5.97 Å². The molecule has 8 heteroatoms. The number of hydrogen-bond acceptors (Lipinski definition) is 4. The molecule has 1 fully saturated rings. The van der Waals surface area contributed by atoms with E-state index in [1.54, 1.807) is 20.8 Å². The number of ether oxygens (including phenoxy) is 1. The molecular formula is C10H20N2O5S. The van der Waals surface area contributed by atoms with Gasteiger partial charge in [-0.15, -0.1) is 0 Å². The first-order chi connectivity index (χ1) is 8.10. The number of aliphatic carboxylic acids is 1. The van der Waals surface area contributed by atoms with Gasteiger partial charge in [0.05, 0.1) is 19.1 Å². The summed E-state index contributed by atoms with van der Waals surface area (Å²) >= 11 is 0. The van der Waals surface area contributed by atoms with Gasteiger partial charge in [-0.2, -0.15) is 17.4 Å². The molecule has 18 heavy (non-hydrogen) atoms. The van der Waals surface area contributed by atoms with Crippen LogP contribution in [0, 0.1) is 0 Å². The Balaban J connectivity index is 2.68. The van der Waals surface area contributed by atoms with Gasteiger partial charge in [0.25, 0.3) is 10.2 Å². The van der Waals surface area contributed by atoms with Crippen LogP contribution < -0.4 is 4.72 Å². The first kappa shape index (κ1) is 15.4. The Labute approximate surface area is 107 Å². The molecule has 0 aromatic heterocycles. The van der Waals surface area contributed by atoms with E-state index < -0.39 is 27.8 Å². The number of hydrogen-bond donors (Lipinski definition) is 2. The zero-order chi connectivity index (χ0) is 14.0. The second kappa shape index (κ2) is 5.52. The molecule has 1 unspecified atom stereocenters. The van der Waals surface area contributed by atoms with Crippen molar-refractivity contribution in [3.63, 3.8) is 0 Å². The molecule has 0 spiro atoms. The number of carboxylic acids is 1. The third-order valence-electron chi connectivity index (χ3n) is 2.28. The number of morpholine rings is 1. The van der Waals surface area contributed by atoms with Crippen LogP contribution in [0.3, 0.4) is 0 Å². The highest BCUT2D eigenvalue weighted by Gasteiger charge is 2.32. The fourth-order valence-electron chi connectivity index (χ4n) is 1.68. The first-order valence-electron chi connectivity index (χ1n) is 5.72. The Kier molecular flexibility index (Phi) is 4.71. The molecule has 0 radical (unpaired) electrons. The van der Waals surface area contributed by atoms with Crippen molar-refractivity contribution in [3.8, 4) is 0 Å². The number of carbonyl (C=O) groups is 1. The van der Waals surface area contributed by atoms with E-state index in [0.29, 0.717) is 0 Å². The van der Waals surface area contributed by atoms with Gasteiger partial charge in [-0.3, -0.25) is 4.79 Å². The van der Waals surface area contributed by atoms with Crippen LogP contribution in [0.4, 0.5) is 0 Å². The van der Waals surface area contributed by atoms with Gasteiger partial charge in [-0.1, -0.05) is 0 Å². The van der Waals surface area contributed by atoms with E-state index in [9.17, 15) is 13.2 Å². The first-order valence-corrected chi connectivity index (χ1v) is 7.16. The van der Waals surface area contributed by atoms with Gasteiger partial charge in [0.15, 0.2) is 0 Å². The monoisotopic (exact) mass is 280 g/mol. The Morgan fingerprint density at radius 2 is 2.11 bits per heavy atom. The van der Waals surface area contributed by atoms with Crippen molar-refractivity contribution in [2.45, 2.75) is 38.8 Å². The van der Waals surface area contributed by atoms with E-state index in [-0.39, 0.29) is 26.1 Å². The number of nitrogens with one attached hydrogen (secondary N) is 1.